The van der Waals surface area contributed by atoms with Crippen LogP contribution in [0.1, 0.15) is 30.6 Å². The number of H-pyrrole nitrogens is 2. The molecule has 0 aliphatic heterocycles. The monoisotopic (exact) mass is 1220 g/mol. The molecule has 21 heteroatoms. The van der Waals surface area contributed by atoms with Crippen molar-refractivity contribution >= 4 is 70.3 Å². The van der Waals surface area contributed by atoms with Gasteiger partial charge in [-0.05, 0) is 83.4 Å². The number of nitrogens with one attached hydrogen (secondary N) is 2. The normalized spacial score (nSPS) is 11.8. The SMILES string of the molecule is C.COc1ccc(C(CS(C)(=O)=O)n2c(=O)[nH]c3cc(-c4ccccc4F)ccc32)cc1.COc1ccc(C(CS(C)(=O)=O)n2c(=O)[nH]c3cc(Br)ccc32)cc1.OB(O)c1ccccc1F.[CH3-].[W]. The Hall–Kier alpha value is -5.63. The van der Waals surface area contributed by atoms with Crippen LogP contribution in [0.15, 0.2) is 148 Å². The van der Waals surface area contributed by atoms with E-state index in [-0.39, 0.29) is 64.4 Å². The molecule has 0 aliphatic rings. The van der Waals surface area contributed by atoms with Gasteiger partial charge in [-0.25, -0.2) is 35.2 Å². The zero-order valence-corrected chi connectivity index (χ0v) is 43.4. The average Bonchev–Trinajstić information content (AvgIpc) is 3.78. The van der Waals surface area contributed by atoms with Gasteiger partial charge in [-0.3, -0.25) is 9.13 Å². The van der Waals surface area contributed by atoms with E-state index in [1.165, 1.54) is 45.7 Å². The molecule has 0 saturated carbocycles. The summed E-state index contributed by atoms with van der Waals surface area (Å²) in [4.78, 5) is 31.0. The number of sulfone groups is 2. The van der Waals surface area contributed by atoms with Gasteiger partial charge in [-0.1, -0.05) is 90.1 Å². The summed E-state index contributed by atoms with van der Waals surface area (Å²) in [6.07, 6.45) is 2.31. The van der Waals surface area contributed by atoms with Gasteiger partial charge in [-0.2, -0.15) is 0 Å². The molecule has 6 aromatic carbocycles. The van der Waals surface area contributed by atoms with Gasteiger partial charge in [0.15, 0.2) is 0 Å². The number of fused-ring (bicyclic) bond motifs is 2. The number of aromatic amines is 2. The van der Waals surface area contributed by atoms with Crippen LogP contribution in [0.3, 0.4) is 0 Å². The first kappa shape index (κ1) is 57.7. The third kappa shape index (κ3) is 14.7. The average molecular weight is 1220 g/mol. The van der Waals surface area contributed by atoms with Crippen molar-refractivity contribution in [2.45, 2.75) is 19.5 Å². The van der Waals surface area contributed by atoms with Crippen molar-refractivity contribution in [2.75, 3.05) is 38.2 Å². The van der Waals surface area contributed by atoms with Crippen molar-refractivity contribution in [2.24, 2.45) is 0 Å². The van der Waals surface area contributed by atoms with Crippen LogP contribution in [0.2, 0.25) is 0 Å². The molecule has 0 bridgehead atoms. The molecule has 2 heterocycles. The second-order valence-corrected chi connectivity index (χ2v) is 20.4. The minimum absolute atomic E-state index is 0. The molecule has 0 radical (unpaired) electrons. The van der Waals surface area contributed by atoms with Gasteiger partial charge >= 0.3 is 18.5 Å². The van der Waals surface area contributed by atoms with E-state index in [9.17, 15) is 35.2 Å². The molecule has 8 rings (SSSR count). The summed E-state index contributed by atoms with van der Waals surface area (Å²) >= 11 is 3.37. The maximum Gasteiger partial charge on any atom is 0.491 e. The fourth-order valence-electron chi connectivity index (χ4n) is 7.27. The Labute approximate surface area is 422 Å². The van der Waals surface area contributed by atoms with Gasteiger partial charge in [0, 0.05) is 49.1 Å². The van der Waals surface area contributed by atoms with E-state index in [1.54, 1.807) is 111 Å². The molecule has 2 atom stereocenters. The Morgan fingerprint density at radius 3 is 1.46 bits per heavy atom. The maximum atomic E-state index is 14.2. The molecule has 0 spiro atoms. The molecular formula is C48H51BBrF2N4O10S2W-. The van der Waals surface area contributed by atoms with Crippen molar-refractivity contribution in [3.05, 3.63) is 189 Å². The van der Waals surface area contributed by atoms with Crippen LogP contribution in [0, 0.1) is 19.1 Å². The van der Waals surface area contributed by atoms with Gasteiger partial charge < -0.3 is 36.9 Å². The number of hydrogen-bond acceptors (Lipinski definition) is 10. The predicted molar refractivity (Wildman–Crippen MR) is 269 cm³/mol. The number of rotatable bonds is 12. The summed E-state index contributed by atoms with van der Waals surface area (Å²) in [5.74, 6) is -0.0993. The first-order valence-corrected chi connectivity index (χ1v) is 24.8. The van der Waals surface area contributed by atoms with Crippen LogP contribution < -0.4 is 26.3 Å². The van der Waals surface area contributed by atoms with Crippen molar-refractivity contribution in [3.8, 4) is 22.6 Å². The van der Waals surface area contributed by atoms with Gasteiger partial charge in [-0.15, -0.1) is 0 Å². The number of hydrogen-bond donors (Lipinski definition) is 4. The summed E-state index contributed by atoms with van der Waals surface area (Å²) in [6, 6.07) is 35.0. The Morgan fingerprint density at radius 1 is 0.638 bits per heavy atom. The Bertz CT molecular complexity index is 3330. The fourth-order valence-corrected chi connectivity index (χ4v) is 9.46. The molecule has 0 aliphatic carbocycles. The maximum absolute atomic E-state index is 14.2. The standard InChI is InChI=1S/C23H21FN2O4S.C17H17BrN2O4S.C6H6BFO2.CH4.CH3.W/c1-30-17-10-7-15(8-11-17)22(14-31(2,28)29)26-21-12-9-16(13-20(21)25-23(26)27)18-5-3-4-6-19(18)24;1-24-13-6-3-11(4-7-13)16(10-25(2,22)23)20-15-8-5-12(18)9-14(15)19-17(20)21;8-6-4-2-1-3-5(6)7(9)10;;;/h3-13,22H,14H2,1-2H3,(H,25,27);3-9,16H,10H2,1-2H3,(H,19,21);1-4,9-10H;1H4;1H3;/q;;;;-1;. The van der Waals surface area contributed by atoms with Crippen molar-refractivity contribution in [3.63, 3.8) is 0 Å². The van der Waals surface area contributed by atoms with Crippen LogP contribution in [0.5, 0.6) is 11.5 Å². The second kappa shape index (κ2) is 24.8. The molecule has 0 saturated heterocycles. The molecule has 4 N–H and O–H groups in total. The first-order chi connectivity index (χ1) is 31.3. The molecule has 0 fully saturated rings. The van der Waals surface area contributed by atoms with Gasteiger partial charge in [0.05, 0.1) is 59.9 Å². The van der Waals surface area contributed by atoms with Crippen LogP contribution in [0.25, 0.3) is 33.2 Å². The van der Waals surface area contributed by atoms with E-state index in [1.807, 2.05) is 6.07 Å². The first-order valence-electron chi connectivity index (χ1n) is 19.9. The van der Waals surface area contributed by atoms with Crippen LogP contribution in [0.4, 0.5) is 8.78 Å². The summed E-state index contributed by atoms with van der Waals surface area (Å²) in [5, 5.41) is 17.0. The van der Waals surface area contributed by atoms with Gasteiger partial charge in [0.25, 0.3) is 0 Å². The Balaban J connectivity index is 0.000000298. The fraction of sp³-hybridized carbons (Fsp3) is 0.188. The van der Waals surface area contributed by atoms with Crippen LogP contribution >= 0.6 is 15.9 Å². The molecule has 14 nitrogen and oxygen atoms in total. The smallest absolute Gasteiger partial charge is 0.491 e. The number of methoxy groups -OCH3 is 2. The van der Waals surface area contributed by atoms with Crippen LogP contribution in [-0.2, 0) is 40.7 Å². The molecule has 8 aromatic rings. The number of imidazole rings is 2. The van der Waals surface area contributed by atoms with Gasteiger partial charge in [0.1, 0.15) is 42.8 Å². The van der Waals surface area contributed by atoms with E-state index >= 15 is 0 Å². The van der Waals surface area contributed by atoms with E-state index < -0.39 is 50.4 Å². The number of benzene rings is 6. The zero-order chi connectivity index (χ0) is 47.9. The zero-order valence-electron chi connectivity index (χ0n) is 37.3. The number of halogens is 3. The van der Waals surface area contributed by atoms with E-state index in [0.29, 0.717) is 50.3 Å². The summed E-state index contributed by atoms with van der Waals surface area (Å²) in [5.41, 5.74) is 3.86. The number of aromatic nitrogens is 4. The summed E-state index contributed by atoms with van der Waals surface area (Å²) in [7, 11) is -5.35. The Morgan fingerprint density at radius 2 is 1.06 bits per heavy atom. The van der Waals surface area contributed by atoms with E-state index in [2.05, 4.69) is 25.9 Å². The Kier molecular flexibility index (Phi) is 20.7. The molecule has 0 amide bonds. The predicted octanol–water partition coefficient (Wildman–Crippen LogP) is 7.10. The molecule has 366 valence electrons. The molecular weight excluding hydrogens is 1170 g/mol. The van der Waals surface area contributed by atoms with E-state index in [4.69, 9.17) is 19.5 Å². The molecule has 2 unspecified atom stereocenters. The summed E-state index contributed by atoms with van der Waals surface area (Å²) in [6.45, 7) is 0. The van der Waals surface area contributed by atoms with Gasteiger partial charge in [0.2, 0.25) is 0 Å². The number of ether oxygens (including phenoxy) is 2. The largest absolute Gasteiger partial charge is 0.497 e. The van der Waals surface area contributed by atoms with Crippen molar-refractivity contribution < 1.29 is 66.2 Å². The minimum atomic E-state index is -3.41. The van der Waals surface area contributed by atoms with Crippen molar-refractivity contribution in [1.29, 1.82) is 0 Å². The third-order valence-corrected chi connectivity index (χ3v) is 12.6. The third-order valence-electron chi connectivity index (χ3n) is 10.3. The second-order valence-electron chi connectivity index (χ2n) is 15.1. The molecule has 69 heavy (non-hydrogen) atoms. The number of nitrogens with zero attached hydrogens (tertiary/aromatic N) is 2. The van der Waals surface area contributed by atoms with Crippen LogP contribution in [-0.4, -0.2) is 91.3 Å². The molecule has 2 aromatic heterocycles. The minimum Gasteiger partial charge on any atom is -0.497 e. The summed E-state index contributed by atoms with van der Waals surface area (Å²) < 4.78 is 89.1. The van der Waals surface area contributed by atoms with E-state index in [0.717, 1.165) is 16.3 Å². The quantitative estimate of drug-likeness (QED) is 0.0722. The van der Waals surface area contributed by atoms with Crippen molar-refractivity contribution in [1.82, 2.24) is 19.1 Å². The topological polar surface area (TPSA) is 203 Å².